The molecule has 1 heteroatoms. The molecular formula is C18H23N. The molecule has 0 spiro atoms. The zero-order valence-electron chi connectivity index (χ0n) is 12.0. The Morgan fingerprint density at radius 3 is 2.89 bits per heavy atom. The molecule has 100 valence electrons. The number of hydrogen-bond donors (Lipinski definition) is 1. The highest BCUT2D eigenvalue weighted by Gasteiger charge is 2.08. The van der Waals surface area contributed by atoms with E-state index in [2.05, 4.69) is 62.2 Å². The Morgan fingerprint density at radius 2 is 2.21 bits per heavy atom. The highest BCUT2D eigenvalue weighted by molar-refractivity contribution is 5.76. The molecular weight excluding hydrogens is 230 g/mol. The molecule has 19 heavy (non-hydrogen) atoms. The average Bonchev–Trinajstić information content (AvgIpc) is 2.93. The molecule has 0 atom stereocenters. The van der Waals surface area contributed by atoms with Crippen LogP contribution >= 0.6 is 0 Å². The molecule has 1 aromatic carbocycles. The predicted octanol–water partition coefficient (Wildman–Crippen LogP) is 4.70. The summed E-state index contributed by atoms with van der Waals surface area (Å²) in [4.78, 5) is 0. The smallest absolute Gasteiger partial charge is 0.0340 e. The second kappa shape index (κ2) is 6.42. The lowest BCUT2D eigenvalue weighted by Gasteiger charge is -2.13. The van der Waals surface area contributed by atoms with Crippen LogP contribution in [-0.2, 0) is 0 Å². The third-order valence-corrected chi connectivity index (χ3v) is 3.57. The summed E-state index contributed by atoms with van der Waals surface area (Å²) in [5.41, 5.74) is 6.31. The molecule has 0 amide bonds. The fraction of sp³-hybridized carbons (Fsp3) is 0.333. The van der Waals surface area contributed by atoms with Crippen LogP contribution in [0.3, 0.4) is 0 Å². The lowest BCUT2D eigenvalue weighted by Crippen LogP contribution is -2.12. The molecule has 1 aliphatic rings. The Balaban J connectivity index is 2.14. The molecule has 0 saturated heterocycles. The van der Waals surface area contributed by atoms with Crippen molar-refractivity contribution < 1.29 is 0 Å². The third kappa shape index (κ3) is 3.37. The Kier molecular flexibility index (Phi) is 4.62. The van der Waals surface area contributed by atoms with Crippen molar-refractivity contribution in [2.75, 3.05) is 6.54 Å². The van der Waals surface area contributed by atoms with Gasteiger partial charge in [0, 0.05) is 12.2 Å². The van der Waals surface area contributed by atoms with E-state index in [0.29, 0.717) is 0 Å². The SMILES string of the molecule is C=C(NCCCC)c1ccc(C)c(C2=CC=CC2)c1. The van der Waals surface area contributed by atoms with Gasteiger partial charge in [-0.05, 0) is 48.1 Å². The second-order valence-electron chi connectivity index (χ2n) is 5.11. The minimum atomic E-state index is 1.00. The molecule has 1 nitrogen and oxygen atoms in total. The molecule has 0 aliphatic heterocycles. The maximum Gasteiger partial charge on any atom is 0.0340 e. The van der Waals surface area contributed by atoms with Crippen LogP contribution < -0.4 is 5.32 Å². The van der Waals surface area contributed by atoms with Crippen molar-refractivity contribution >= 4 is 11.3 Å². The number of rotatable bonds is 6. The van der Waals surface area contributed by atoms with Crippen LogP contribution in [0.4, 0.5) is 0 Å². The topological polar surface area (TPSA) is 12.0 Å². The largest absolute Gasteiger partial charge is 0.385 e. The minimum absolute atomic E-state index is 1.00. The maximum atomic E-state index is 4.15. The quantitative estimate of drug-likeness (QED) is 0.725. The van der Waals surface area contributed by atoms with Crippen molar-refractivity contribution in [2.24, 2.45) is 0 Å². The van der Waals surface area contributed by atoms with Crippen molar-refractivity contribution in [2.45, 2.75) is 33.1 Å². The molecule has 1 N–H and O–H groups in total. The first-order chi connectivity index (χ1) is 9.22. The molecule has 0 aromatic heterocycles. The summed E-state index contributed by atoms with van der Waals surface area (Å²) in [6.45, 7) is 9.53. The third-order valence-electron chi connectivity index (χ3n) is 3.57. The normalized spacial score (nSPS) is 13.5. The summed E-state index contributed by atoms with van der Waals surface area (Å²) in [6, 6.07) is 6.61. The number of nitrogens with one attached hydrogen (secondary N) is 1. The molecule has 0 unspecified atom stereocenters. The van der Waals surface area contributed by atoms with Crippen molar-refractivity contribution in [1.82, 2.24) is 5.32 Å². The molecule has 1 aromatic rings. The van der Waals surface area contributed by atoms with Gasteiger partial charge in [0.05, 0.1) is 0 Å². The van der Waals surface area contributed by atoms with E-state index in [4.69, 9.17) is 0 Å². The van der Waals surface area contributed by atoms with Gasteiger partial charge in [-0.2, -0.15) is 0 Å². The van der Waals surface area contributed by atoms with E-state index >= 15 is 0 Å². The standard InChI is InChI=1S/C18H23N/c1-4-5-12-19-15(3)17-11-10-14(2)18(13-17)16-8-6-7-9-16/h6-8,10-11,13,19H,3-5,9,12H2,1-2H3. The molecule has 0 heterocycles. The Bertz CT molecular complexity index is 520. The molecule has 1 aliphatic carbocycles. The zero-order valence-corrected chi connectivity index (χ0v) is 12.0. The molecule has 0 bridgehead atoms. The van der Waals surface area contributed by atoms with E-state index in [0.717, 1.165) is 18.7 Å². The predicted molar refractivity (Wildman–Crippen MR) is 84.9 cm³/mol. The van der Waals surface area contributed by atoms with Crippen molar-refractivity contribution in [3.63, 3.8) is 0 Å². The first-order valence-electron chi connectivity index (χ1n) is 7.12. The number of allylic oxidation sites excluding steroid dienone is 4. The van der Waals surface area contributed by atoms with Crippen molar-refractivity contribution in [3.05, 3.63) is 59.7 Å². The van der Waals surface area contributed by atoms with Gasteiger partial charge in [0.2, 0.25) is 0 Å². The Hall–Kier alpha value is -1.76. The van der Waals surface area contributed by atoms with Gasteiger partial charge in [-0.1, -0.05) is 50.3 Å². The van der Waals surface area contributed by atoms with Crippen LogP contribution in [-0.4, -0.2) is 6.54 Å². The zero-order chi connectivity index (χ0) is 13.7. The first-order valence-corrected chi connectivity index (χ1v) is 7.12. The van der Waals surface area contributed by atoms with Gasteiger partial charge in [-0.3, -0.25) is 0 Å². The maximum absolute atomic E-state index is 4.15. The Labute approximate surface area is 116 Å². The van der Waals surface area contributed by atoms with E-state index in [1.54, 1.807) is 0 Å². The Morgan fingerprint density at radius 1 is 1.37 bits per heavy atom. The summed E-state index contributed by atoms with van der Waals surface area (Å²) in [5, 5.41) is 3.41. The number of aryl methyl sites for hydroxylation is 1. The molecule has 0 radical (unpaired) electrons. The van der Waals surface area contributed by atoms with Crippen LogP contribution in [0.5, 0.6) is 0 Å². The van der Waals surface area contributed by atoms with E-state index in [9.17, 15) is 0 Å². The lowest BCUT2D eigenvalue weighted by atomic mass is 9.96. The molecule has 2 rings (SSSR count). The fourth-order valence-electron chi connectivity index (χ4n) is 2.32. The van der Waals surface area contributed by atoms with Gasteiger partial charge in [-0.15, -0.1) is 0 Å². The summed E-state index contributed by atoms with van der Waals surface area (Å²) >= 11 is 0. The fourth-order valence-corrected chi connectivity index (χ4v) is 2.32. The van der Waals surface area contributed by atoms with Gasteiger partial charge in [0.15, 0.2) is 0 Å². The lowest BCUT2D eigenvalue weighted by molar-refractivity contribution is 0.745. The summed E-state index contributed by atoms with van der Waals surface area (Å²) < 4.78 is 0. The number of benzene rings is 1. The summed E-state index contributed by atoms with van der Waals surface area (Å²) in [6.07, 6.45) is 9.98. The molecule has 0 saturated carbocycles. The van der Waals surface area contributed by atoms with Crippen LogP contribution in [0.25, 0.3) is 11.3 Å². The summed E-state index contributed by atoms with van der Waals surface area (Å²) in [5.74, 6) is 0. The van der Waals surface area contributed by atoms with E-state index in [1.165, 1.54) is 35.1 Å². The van der Waals surface area contributed by atoms with Gasteiger partial charge >= 0.3 is 0 Å². The van der Waals surface area contributed by atoms with E-state index in [1.807, 2.05) is 0 Å². The second-order valence-corrected chi connectivity index (χ2v) is 5.11. The number of unbranched alkanes of at least 4 members (excludes halogenated alkanes) is 1. The summed E-state index contributed by atoms with van der Waals surface area (Å²) in [7, 11) is 0. The highest BCUT2D eigenvalue weighted by Crippen LogP contribution is 2.28. The minimum Gasteiger partial charge on any atom is -0.385 e. The van der Waals surface area contributed by atoms with Crippen LogP contribution in [0, 0.1) is 6.92 Å². The van der Waals surface area contributed by atoms with Gasteiger partial charge in [0.25, 0.3) is 0 Å². The van der Waals surface area contributed by atoms with Gasteiger partial charge in [0.1, 0.15) is 0 Å². The van der Waals surface area contributed by atoms with Crippen LogP contribution in [0.15, 0.2) is 43.0 Å². The first kappa shape index (κ1) is 13.7. The molecule has 0 fully saturated rings. The van der Waals surface area contributed by atoms with E-state index in [-0.39, 0.29) is 0 Å². The van der Waals surface area contributed by atoms with Crippen molar-refractivity contribution in [3.8, 4) is 0 Å². The van der Waals surface area contributed by atoms with Crippen LogP contribution in [0.1, 0.15) is 42.9 Å². The van der Waals surface area contributed by atoms with E-state index < -0.39 is 0 Å². The van der Waals surface area contributed by atoms with Crippen molar-refractivity contribution in [1.29, 1.82) is 0 Å². The van der Waals surface area contributed by atoms with Gasteiger partial charge < -0.3 is 5.32 Å². The highest BCUT2D eigenvalue weighted by atomic mass is 14.9. The monoisotopic (exact) mass is 253 g/mol. The van der Waals surface area contributed by atoms with Crippen LogP contribution in [0.2, 0.25) is 0 Å². The number of hydrogen-bond acceptors (Lipinski definition) is 1. The van der Waals surface area contributed by atoms with Gasteiger partial charge in [-0.25, -0.2) is 0 Å². The average molecular weight is 253 g/mol.